The molecule has 1 aliphatic rings. The lowest BCUT2D eigenvalue weighted by Gasteiger charge is -2.20. The summed E-state index contributed by atoms with van der Waals surface area (Å²) in [5, 5.41) is 0. The quantitative estimate of drug-likeness (QED) is 0.765. The molecule has 1 aromatic rings. The van der Waals surface area contributed by atoms with E-state index < -0.39 is 0 Å². The molecule has 1 fully saturated rings. The first-order chi connectivity index (χ1) is 7.20. The van der Waals surface area contributed by atoms with Gasteiger partial charge in [-0.3, -0.25) is 4.79 Å². The number of amides is 1. The Labute approximate surface area is 94.7 Å². The predicted molar refractivity (Wildman–Crippen MR) is 65.3 cm³/mol. The number of anilines is 1. The first kappa shape index (κ1) is 10.6. The van der Waals surface area contributed by atoms with Gasteiger partial charge in [0.15, 0.2) is 0 Å². The summed E-state index contributed by atoms with van der Waals surface area (Å²) < 4.78 is 0. The second-order valence-electron chi connectivity index (χ2n) is 4.01. The summed E-state index contributed by atoms with van der Waals surface area (Å²) >= 11 is 1.68. The fourth-order valence-electron chi connectivity index (χ4n) is 1.80. The van der Waals surface area contributed by atoms with Gasteiger partial charge in [0.25, 0.3) is 0 Å². The average Bonchev–Trinajstić information content (AvgIpc) is 2.64. The molecule has 1 amide bonds. The molecule has 1 aromatic carbocycles. The van der Waals surface area contributed by atoms with Crippen LogP contribution in [0.1, 0.15) is 25.3 Å². The standard InChI is InChI=1S/C12H15NOS/c1-9(2)10-5-3-4-6-11(10)13-8-15-7-12(13)14/h3-6,9H,7-8H2,1-2H3. The lowest BCUT2D eigenvalue weighted by molar-refractivity contribution is -0.115. The Morgan fingerprint density at radius 3 is 2.67 bits per heavy atom. The number of thioether (sulfide) groups is 1. The topological polar surface area (TPSA) is 20.3 Å². The lowest BCUT2D eigenvalue weighted by Crippen LogP contribution is -2.26. The van der Waals surface area contributed by atoms with Crippen LogP contribution in [-0.2, 0) is 4.79 Å². The van der Waals surface area contributed by atoms with Gasteiger partial charge in [-0.1, -0.05) is 32.0 Å². The largest absolute Gasteiger partial charge is 0.302 e. The van der Waals surface area contributed by atoms with Gasteiger partial charge in [-0.2, -0.15) is 0 Å². The number of carbonyl (C=O) groups excluding carboxylic acids is 1. The highest BCUT2D eigenvalue weighted by Gasteiger charge is 2.24. The number of rotatable bonds is 2. The molecule has 0 bridgehead atoms. The summed E-state index contributed by atoms with van der Waals surface area (Å²) in [5.74, 6) is 2.10. The zero-order valence-corrected chi connectivity index (χ0v) is 9.88. The minimum atomic E-state index is 0.230. The van der Waals surface area contributed by atoms with Gasteiger partial charge in [0.05, 0.1) is 11.6 Å². The highest BCUT2D eigenvalue weighted by Crippen LogP contribution is 2.31. The summed E-state index contributed by atoms with van der Waals surface area (Å²) in [6.07, 6.45) is 0. The molecule has 3 heteroatoms. The van der Waals surface area contributed by atoms with Gasteiger partial charge in [-0.25, -0.2) is 0 Å². The lowest BCUT2D eigenvalue weighted by atomic mass is 10.0. The van der Waals surface area contributed by atoms with E-state index in [-0.39, 0.29) is 5.91 Å². The number of carbonyl (C=O) groups is 1. The zero-order valence-electron chi connectivity index (χ0n) is 9.06. The van der Waals surface area contributed by atoms with E-state index >= 15 is 0 Å². The number of benzene rings is 1. The maximum atomic E-state index is 11.7. The van der Waals surface area contributed by atoms with Gasteiger partial charge in [0.2, 0.25) is 5.91 Å². The summed E-state index contributed by atoms with van der Waals surface area (Å²) in [7, 11) is 0. The van der Waals surface area contributed by atoms with Gasteiger partial charge < -0.3 is 4.90 Å². The van der Waals surface area contributed by atoms with Crippen molar-refractivity contribution < 1.29 is 4.79 Å². The van der Waals surface area contributed by atoms with Crippen molar-refractivity contribution in [2.75, 3.05) is 16.5 Å². The fraction of sp³-hybridized carbons (Fsp3) is 0.417. The molecule has 80 valence electrons. The van der Waals surface area contributed by atoms with Gasteiger partial charge in [-0.05, 0) is 17.5 Å². The van der Waals surface area contributed by atoms with Gasteiger partial charge >= 0.3 is 0 Å². The Bertz CT molecular complexity index is 376. The molecule has 1 heterocycles. The number of hydrogen-bond acceptors (Lipinski definition) is 2. The summed E-state index contributed by atoms with van der Waals surface area (Å²) in [4.78, 5) is 13.5. The van der Waals surface area contributed by atoms with Crippen LogP contribution in [0.25, 0.3) is 0 Å². The Kier molecular flexibility index (Phi) is 3.00. The van der Waals surface area contributed by atoms with Crippen molar-refractivity contribution in [3.8, 4) is 0 Å². The molecule has 0 aliphatic carbocycles. The third kappa shape index (κ3) is 2.02. The summed E-state index contributed by atoms with van der Waals surface area (Å²) in [6.45, 7) is 4.32. The van der Waals surface area contributed by atoms with E-state index in [9.17, 15) is 4.79 Å². The first-order valence-corrected chi connectivity index (χ1v) is 6.32. The van der Waals surface area contributed by atoms with Crippen LogP contribution in [0.4, 0.5) is 5.69 Å². The van der Waals surface area contributed by atoms with E-state index in [1.165, 1.54) is 5.56 Å². The molecule has 1 saturated heterocycles. The van der Waals surface area contributed by atoms with Crippen LogP contribution in [-0.4, -0.2) is 17.5 Å². The Hall–Kier alpha value is -0.960. The van der Waals surface area contributed by atoms with E-state index in [0.29, 0.717) is 11.7 Å². The highest BCUT2D eigenvalue weighted by molar-refractivity contribution is 8.00. The molecule has 0 aromatic heterocycles. The van der Waals surface area contributed by atoms with Crippen LogP contribution < -0.4 is 4.90 Å². The molecule has 2 rings (SSSR count). The SMILES string of the molecule is CC(C)c1ccccc1N1CSCC1=O. The Morgan fingerprint density at radius 2 is 2.07 bits per heavy atom. The van der Waals surface area contributed by atoms with Crippen LogP contribution in [0.3, 0.4) is 0 Å². The molecule has 0 N–H and O–H groups in total. The molecule has 0 spiro atoms. The molecular formula is C12H15NOS. The molecule has 1 aliphatic heterocycles. The number of para-hydroxylation sites is 1. The molecule has 0 saturated carbocycles. The Morgan fingerprint density at radius 1 is 1.33 bits per heavy atom. The molecule has 0 atom stereocenters. The molecule has 0 unspecified atom stereocenters. The highest BCUT2D eigenvalue weighted by atomic mass is 32.2. The Balaban J connectivity index is 2.38. The van der Waals surface area contributed by atoms with Crippen LogP contribution in [0, 0.1) is 0 Å². The molecule has 2 nitrogen and oxygen atoms in total. The number of hydrogen-bond donors (Lipinski definition) is 0. The molecule has 0 radical (unpaired) electrons. The monoisotopic (exact) mass is 221 g/mol. The van der Waals surface area contributed by atoms with Crippen molar-refractivity contribution >= 4 is 23.4 Å². The van der Waals surface area contributed by atoms with E-state index in [0.717, 1.165) is 11.6 Å². The predicted octanol–water partition coefficient (Wildman–Crippen LogP) is 2.85. The van der Waals surface area contributed by atoms with Crippen molar-refractivity contribution in [2.45, 2.75) is 19.8 Å². The van der Waals surface area contributed by atoms with Gasteiger partial charge in [0.1, 0.15) is 0 Å². The molecule has 15 heavy (non-hydrogen) atoms. The summed E-state index contributed by atoms with van der Waals surface area (Å²) in [6, 6.07) is 8.18. The number of nitrogens with zero attached hydrogens (tertiary/aromatic N) is 1. The minimum absolute atomic E-state index is 0.230. The first-order valence-electron chi connectivity index (χ1n) is 5.17. The second-order valence-corrected chi connectivity index (χ2v) is 4.97. The van der Waals surface area contributed by atoms with E-state index in [1.54, 1.807) is 11.8 Å². The smallest absolute Gasteiger partial charge is 0.237 e. The van der Waals surface area contributed by atoms with E-state index in [4.69, 9.17) is 0 Å². The van der Waals surface area contributed by atoms with Crippen LogP contribution in [0.15, 0.2) is 24.3 Å². The van der Waals surface area contributed by atoms with Crippen LogP contribution >= 0.6 is 11.8 Å². The van der Waals surface area contributed by atoms with E-state index in [1.807, 2.05) is 23.1 Å². The third-order valence-corrected chi connectivity index (χ3v) is 3.49. The average molecular weight is 221 g/mol. The van der Waals surface area contributed by atoms with Crippen LogP contribution in [0.5, 0.6) is 0 Å². The van der Waals surface area contributed by atoms with Gasteiger partial charge in [-0.15, -0.1) is 11.8 Å². The third-order valence-electron chi connectivity index (χ3n) is 2.60. The van der Waals surface area contributed by atoms with Crippen LogP contribution in [0.2, 0.25) is 0 Å². The maximum absolute atomic E-state index is 11.7. The van der Waals surface area contributed by atoms with Gasteiger partial charge in [0, 0.05) is 5.69 Å². The van der Waals surface area contributed by atoms with E-state index in [2.05, 4.69) is 19.9 Å². The normalized spacial score (nSPS) is 16.5. The minimum Gasteiger partial charge on any atom is -0.302 e. The van der Waals surface area contributed by atoms with Crippen molar-refractivity contribution in [2.24, 2.45) is 0 Å². The maximum Gasteiger partial charge on any atom is 0.237 e. The fourth-order valence-corrected chi connectivity index (χ4v) is 2.69. The van der Waals surface area contributed by atoms with Crippen molar-refractivity contribution in [3.05, 3.63) is 29.8 Å². The summed E-state index contributed by atoms with van der Waals surface area (Å²) in [5.41, 5.74) is 2.34. The van der Waals surface area contributed by atoms with Crippen molar-refractivity contribution in [3.63, 3.8) is 0 Å². The van der Waals surface area contributed by atoms with Crippen molar-refractivity contribution in [1.29, 1.82) is 0 Å². The zero-order chi connectivity index (χ0) is 10.8. The second kappa shape index (κ2) is 4.27. The molecular weight excluding hydrogens is 206 g/mol. The van der Waals surface area contributed by atoms with Crippen molar-refractivity contribution in [1.82, 2.24) is 0 Å².